The summed E-state index contributed by atoms with van der Waals surface area (Å²) in [5, 5.41) is 6.31. The minimum absolute atomic E-state index is 0.0108. The molecule has 3 aromatic rings. The summed E-state index contributed by atoms with van der Waals surface area (Å²) in [7, 11) is 0. The fourth-order valence-corrected chi connectivity index (χ4v) is 4.88. The number of ether oxygens (including phenoxy) is 1. The standard InChI is InChI=1S/C29H26F2N2O2/c1-19-5-2-3-8-26(19)35-18-27(34)33-29(21-11-15-24(31)16-12-21)25-7-4-6-22(28(25)32-33)17-20-9-13-23(30)14-10-20/h2-3,5,8-17,25,29H,4,6-7,18H2,1H3. The van der Waals surface area contributed by atoms with Crippen LogP contribution in [-0.2, 0) is 4.79 Å². The lowest BCUT2D eigenvalue weighted by atomic mass is 9.77. The third kappa shape index (κ3) is 4.87. The van der Waals surface area contributed by atoms with Crippen molar-refractivity contribution in [2.45, 2.75) is 32.2 Å². The first-order valence-corrected chi connectivity index (χ1v) is 11.8. The summed E-state index contributed by atoms with van der Waals surface area (Å²) in [4.78, 5) is 13.4. The van der Waals surface area contributed by atoms with Crippen molar-refractivity contribution in [2.75, 3.05) is 6.61 Å². The Bertz CT molecular complexity index is 1280. The molecule has 1 aliphatic carbocycles. The highest BCUT2D eigenvalue weighted by Gasteiger charge is 2.43. The third-order valence-electron chi connectivity index (χ3n) is 6.62. The SMILES string of the molecule is Cc1ccccc1OCC(=O)N1N=C2C(=Cc3ccc(F)cc3)CCCC2C1c1ccc(F)cc1. The number of nitrogens with zero attached hydrogens (tertiary/aromatic N) is 2. The molecule has 178 valence electrons. The van der Waals surface area contributed by atoms with Crippen molar-refractivity contribution in [2.24, 2.45) is 11.0 Å². The largest absolute Gasteiger partial charge is 0.483 e. The van der Waals surface area contributed by atoms with Gasteiger partial charge in [-0.15, -0.1) is 0 Å². The number of aryl methyl sites for hydroxylation is 1. The van der Waals surface area contributed by atoms with Gasteiger partial charge in [-0.3, -0.25) is 4.79 Å². The molecule has 1 aliphatic heterocycles. The van der Waals surface area contributed by atoms with E-state index in [0.29, 0.717) is 5.75 Å². The van der Waals surface area contributed by atoms with Gasteiger partial charge in [0.2, 0.25) is 0 Å². The number of rotatable bonds is 5. The minimum Gasteiger partial charge on any atom is -0.483 e. The van der Waals surface area contributed by atoms with Crippen LogP contribution in [0.3, 0.4) is 0 Å². The summed E-state index contributed by atoms with van der Waals surface area (Å²) in [6.45, 7) is 1.78. The zero-order chi connectivity index (χ0) is 24.4. The first-order valence-electron chi connectivity index (χ1n) is 11.8. The number of fused-ring (bicyclic) bond motifs is 1. The van der Waals surface area contributed by atoms with Gasteiger partial charge in [0.25, 0.3) is 5.91 Å². The number of hydrogen-bond acceptors (Lipinski definition) is 3. The highest BCUT2D eigenvalue weighted by molar-refractivity contribution is 6.08. The molecule has 0 N–H and O–H groups in total. The van der Waals surface area contributed by atoms with Gasteiger partial charge in [0, 0.05) is 5.92 Å². The molecular formula is C29H26F2N2O2. The van der Waals surface area contributed by atoms with E-state index in [-0.39, 0.29) is 36.1 Å². The van der Waals surface area contributed by atoms with Crippen LogP contribution >= 0.6 is 0 Å². The van der Waals surface area contributed by atoms with Crippen LogP contribution in [0.2, 0.25) is 0 Å². The monoisotopic (exact) mass is 472 g/mol. The normalized spacial score (nSPS) is 20.5. The molecule has 35 heavy (non-hydrogen) atoms. The van der Waals surface area contributed by atoms with Crippen LogP contribution in [0.15, 0.2) is 83.5 Å². The van der Waals surface area contributed by atoms with Crippen LogP contribution in [0.1, 0.15) is 42.0 Å². The van der Waals surface area contributed by atoms with Gasteiger partial charge in [0.1, 0.15) is 17.4 Å². The van der Waals surface area contributed by atoms with Crippen LogP contribution in [0.25, 0.3) is 6.08 Å². The van der Waals surface area contributed by atoms with Gasteiger partial charge in [-0.2, -0.15) is 5.10 Å². The molecule has 3 aromatic carbocycles. The van der Waals surface area contributed by atoms with Crippen LogP contribution in [0, 0.1) is 24.5 Å². The molecule has 1 saturated carbocycles. The average molecular weight is 473 g/mol. The number of amides is 1. The molecule has 2 unspecified atom stereocenters. The Morgan fingerprint density at radius 2 is 1.71 bits per heavy atom. The number of benzene rings is 3. The van der Waals surface area contributed by atoms with Gasteiger partial charge in [-0.25, -0.2) is 13.8 Å². The van der Waals surface area contributed by atoms with Crippen molar-refractivity contribution < 1.29 is 18.3 Å². The summed E-state index contributed by atoms with van der Waals surface area (Å²) >= 11 is 0. The van der Waals surface area contributed by atoms with Crippen LogP contribution < -0.4 is 4.74 Å². The first-order chi connectivity index (χ1) is 17.0. The number of carbonyl (C=O) groups is 1. The van der Waals surface area contributed by atoms with E-state index in [1.54, 1.807) is 24.3 Å². The molecule has 0 radical (unpaired) electrons. The molecule has 2 atom stereocenters. The fraction of sp³-hybridized carbons (Fsp3) is 0.241. The lowest BCUT2D eigenvalue weighted by Gasteiger charge is -2.29. The third-order valence-corrected chi connectivity index (χ3v) is 6.62. The molecular weight excluding hydrogens is 446 g/mol. The smallest absolute Gasteiger partial charge is 0.281 e. The second-order valence-corrected chi connectivity index (χ2v) is 8.99. The molecule has 0 spiro atoms. The summed E-state index contributed by atoms with van der Waals surface area (Å²) in [6.07, 6.45) is 4.65. The van der Waals surface area contributed by atoms with Crippen LogP contribution in [-0.4, -0.2) is 23.2 Å². The summed E-state index contributed by atoms with van der Waals surface area (Å²) in [5.41, 5.74) is 4.56. The lowest BCUT2D eigenvalue weighted by molar-refractivity contribution is -0.135. The van der Waals surface area contributed by atoms with E-state index < -0.39 is 0 Å². The Morgan fingerprint density at radius 3 is 2.43 bits per heavy atom. The van der Waals surface area contributed by atoms with Gasteiger partial charge < -0.3 is 4.74 Å². The zero-order valence-corrected chi connectivity index (χ0v) is 19.5. The molecule has 1 amide bonds. The van der Waals surface area contributed by atoms with E-state index in [2.05, 4.69) is 0 Å². The summed E-state index contributed by atoms with van der Waals surface area (Å²) < 4.78 is 32.9. The second-order valence-electron chi connectivity index (χ2n) is 8.99. The van der Waals surface area contributed by atoms with E-state index in [1.165, 1.54) is 29.3 Å². The van der Waals surface area contributed by atoms with E-state index in [4.69, 9.17) is 9.84 Å². The van der Waals surface area contributed by atoms with Gasteiger partial charge in [-0.05, 0) is 84.9 Å². The van der Waals surface area contributed by atoms with E-state index >= 15 is 0 Å². The van der Waals surface area contributed by atoms with E-state index in [0.717, 1.165) is 47.2 Å². The van der Waals surface area contributed by atoms with E-state index in [1.807, 2.05) is 37.3 Å². The molecule has 1 heterocycles. The molecule has 4 nitrogen and oxygen atoms in total. The van der Waals surface area contributed by atoms with Crippen molar-refractivity contribution in [3.8, 4) is 5.75 Å². The molecule has 2 aliphatic rings. The van der Waals surface area contributed by atoms with Crippen molar-refractivity contribution in [3.63, 3.8) is 0 Å². The van der Waals surface area contributed by atoms with Crippen molar-refractivity contribution in [1.29, 1.82) is 0 Å². The average Bonchev–Trinajstić information content (AvgIpc) is 3.26. The molecule has 0 bridgehead atoms. The Labute approximate surface area is 203 Å². The number of carbonyl (C=O) groups excluding carboxylic acids is 1. The maximum atomic E-state index is 13.7. The number of hydrogen-bond donors (Lipinski definition) is 0. The highest BCUT2D eigenvalue weighted by Crippen LogP contribution is 2.44. The Hall–Kier alpha value is -3.80. The van der Waals surface area contributed by atoms with Gasteiger partial charge in [0.15, 0.2) is 6.61 Å². The van der Waals surface area contributed by atoms with Crippen molar-refractivity contribution >= 4 is 17.7 Å². The Kier molecular flexibility index (Phi) is 6.45. The minimum atomic E-state index is -0.338. The molecule has 0 saturated heterocycles. The fourth-order valence-electron chi connectivity index (χ4n) is 4.88. The maximum absolute atomic E-state index is 13.7. The maximum Gasteiger partial charge on any atom is 0.281 e. The predicted molar refractivity (Wildman–Crippen MR) is 132 cm³/mol. The number of para-hydroxylation sites is 1. The topological polar surface area (TPSA) is 41.9 Å². The van der Waals surface area contributed by atoms with Gasteiger partial charge in [0.05, 0.1) is 11.8 Å². The summed E-state index contributed by atoms with van der Waals surface area (Å²) in [6, 6.07) is 19.8. The number of allylic oxidation sites excluding steroid dienone is 1. The lowest BCUT2D eigenvalue weighted by Crippen LogP contribution is -2.34. The Morgan fingerprint density at radius 1 is 1.03 bits per heavy atom. The van der Waals surface area contributed by atoms with E-state index in [9.17, 15) is 13.6 Å². The molecule has 6 heteroatoms. The molecule has 0 aromatic heterocycles. The Balaban J connectivity index is 1.47. The van der Waals surface area contributed by atoms with Crippen molar-refractivity contribution in [1.82, 2.24) is 5.01 Å². The molecule has 5 rings (SSSR count). The second kappa shape index (κ2) is 9.82. The van der Waals surface area contributed by atoms with Crippen molar-refractivity contribution in [3.05, 3.63) is 107 Å². The quantitative estimate of drug-likeness (QED) is 0.427. The first kappa shape index (κ1) is 23.0. The van der Waals surface area contributed by atoms with Crippen LogP contribution in [0.5, 0.6) is 5.75 Å². The van der Waals surface area contributed by atoms with Gasteiger partial charge >= 0.3 is 0 Å². The predicted octanol–water partition coefficient (Wildman–Crippen LogP) is 6.48. The number of hydrazone groups is 1. The highest BCUT2D eigenvalue weighted by atomic mass is 19.1. The van der Waals surface area contributed by atoms with Crippen LogP contribution in [0.4, 0.5) is 8.78 Å². The zero-order valence-electron chi connectivity index (χ0n) is 19.5. The number of halogens is 2. The molecule has 1 fully saturated rings. The van der Waals surface area contributed by atoms with Gasteiger partial charge in [-0.1, -0.05) is 42.5 Å². The summed E-state index contributed by atoms with van der Waals surface area (Å²) in [5.74, 6) is -0.225.